The highest BCUT2D eigenvalue weighted by atomic mass is 79.9. The molecule has 3 rings (SSSR count). The minimum Gasteiger partial charge on any atom is -0.462 e. The number of carbonyl (C=O) groups is 2. The van der Waals surface area contributed by atoms with Crippen LogP contribution in [0.15, 0.2) is 46.9 Å². The predicted octanol–water partition coefficient (Wildman–Crippen LogP) is 5.75. The van der Waals surface area contributed by atoms with Gasteiger partial charge in [-0.05, 0) is 31.2 Å². The lowest BCUT2D eigenvalue weighted by molar-refractivity contribution is 0.0530. The van der Waals surface area contributed by atoms with E-state index in [2.05, 4.69) is 21.2 Å². The molecule has 0 atom stereocenters. The molecule has 1 heterocycles. The summed E-state index contributed by atoms with van der Waals surface area (Å²) < 4.78 is 6.78. The molecule has 1 amide bonds. The van der Waals surface area contributed by atoms with E-state index < -0.39 is 5.97 Å². The number of nitrogens with one attached hydrogen (secondary N) is 1. The predicted molar refractivity (Wildman–Crippen MR) is 105 cm³/mol. The minimum absolute atomic E-state index is 0.258. The SMILES string of the molecule is CCOC(=O)c1c(NC(=O)c2cc(Br)ccc2Cl)sc2ccccc12. The van der Waals surface area contributed by atoms with E-state index in [1.165, 1.54) is 11.3 Å². The fourth-order valence-electron chi connectivity index (χ4n) is 2.38. The van der Waals surface area contributed by atoms with Crippen LogP contribution in [0, 0.1) is 0 Å². The van der Waals surface area contributed by atoms with Gasteiger partial charge in [-0.2, -0.15) is 0 Å². The number of esters is 1. The highest BCUT2D eigenvalue weighted by Gasteiger charge is 2.22. The average Bonchev–Trinajstić information content (AvgIpc) is 2.95. The molecule has 0 aliphatic heterocycles. The van der Waals surface area contributed by atoms with Gasteiger partial charge in [-0.3, -0.25) is 4.79 Å². The zero-order valence-electron chi connectivity index (χ0n) is 13.1. The van der Waals surface area contributed by atoms with Gasteiger partial charge in [0.2, 0.25) is 0 Å². The van der Waals surface area contributed by atoms with Gasteiger partial charge in [-0.1, -0.05) is 45.7 Å². The summed E-state index contributed by atoms with van der Waals surface area (Å²) in [4.78, 5) is 25.0. The van der Waals surface area contributed by atoms with Crippen LogP contribution < -0.4 is 5.32 Å². The van der Waals surface area contributed by atoms with Crippen LogP contribution in [0.3, 0.4) is 0 Å². The molecule has 0 bridgehead atoms. The van der Waals surface area contributed by atoms with Gasteiger partial charge in [0, 0.05) is 14.6 Å². The van der Waals surface area contributed by atoms with Crippen molar-refractivity contribution in [3.05, 3.63) is 63.1 Å². The van der Waals surface area contributed by atoms with Crippen LogP contribution in [-0.2, 0) is 4.74 Å². The summed E-state index contributed by atoms with van der Waals surface area (Å²) >= 11 is 10.8. The van der Waals surface area contributed by atoms with E-state index in [4.69, 9.17) is 16.3 Å². The Morgan fingerprint density at radius 3 is 2.76 bits per heavy atom. The van der Waals surface area contributed by atoms with Crippen molar-refractivity contribution in [2.75, 3.05) is 11.9 Å². The molecule has 4 nitrogen and oxygen atoms in total. The van der Waals surface area contributed by atoms with Crippen LogP contribution in [-0.4, -0.2) is 18.5 Å². The van der Waals surface area contributed by atoms with Crippen molar-refractivity contribution in [3.8, 4) is 0 Å². The lowest BCUT2D eigenvalue weighted by atomic mass is 10.1. The van der Waals surface area contributed by atoms with Crippen molar-refractivity contribution in [2.45, 2.75) is 6.92 Å². The smallest absolute Gasteiger partial charge is 0.341 e. The van der Waals surface area contributed by atoms with Crippen LogP contribution in [0.5, 0.6) is 0 Å². The molecule has 0 spiro atoms. The van der Waals surface area contributed by atoms with E-state index in [-0.39, 0.29) is 12.5 Å². The third kappa shape index (κ3) is 3.71. The number of hydrogen-bond acceptors (Lipinski definition) is 4. The summed E-state index contributed by atoms with van der Waals surface area (Å²) in [5.74, 6) is -0.848. The highest BCUT2D eigenvalue weighted by Crippen LogP contribution is 2.36. The number of thiophene rings is 1. The van der Waals surface area contributed by atoms with Crippen LogP contribution in [0.1, 0.15) is 27.6 Å². The minimum atomic E-state index is -0.462. The molecule has 2 aromatic carbocycles. The Labute approximate surface area is 161 Å². The van der Waals surface area contributed by atoms with Crippen molar-refractivity contribution in [1.29, 1.82) is 0 Å². The van der Waals surface area contributed by atoms with Crippen LogP contribution >= 0.6 is 38.9 Å². The molecule has 25 heavy (non-hydrogen) atoms. The van der Waals surface area contributed by atoms with Gasteiger partial charge in [-0.15, -0.1) is 11.3 Å². The Morgan fingerprint density at radius 1 is 1.24 bits per heavy atom. The van der Waals surface area contributed by atoms with Gasteiger partial charge in [0.05, 0.1) is 17.2 Å². The molecule has 0 fully saturated rings. The molecule has 0 saturated heterocycles. The van der Waals surface area contributed by atoms with E-state index in [1.54, 1.807) is 25.1 Å². The molecule has 0 unspecified atom stereocenters. The third-order valence-electron chi connectivity index (χ3n) is 3.48. The summed E-state index contributed by atoms with van der Waals surface area (Å²) in [5.41, 5.74) is 0.685. The number of carbonyl (C=O) groups excluding carboxylic acids is 2. The molecule has 7 heteroatoms. The average molecular weight is 439 g/mol. The molecule has 1 N–H and O–H groups in total. The van der Waals surface area contributed by atoms with E-state index in [9.17, 15) is 9.59 Å². The van der Waals surface area contributed by atoms with Gasteiger partial charge in [-0.25, -0.2) is 4.79 Å². The number of halogens is 2. The maximum Gasteiger partial charge on any atom is 0.341 e. The first kappa shape index (κ1) is 17.9. The Bertz CT molecular complexity index is 970. The van der Waals surface area contributed by atoms with Crippen molar-refractivity contribution in [3.63, 3.8) is 0 Å². The van der Waals surface area contributed by atoms with E-state index >= 15 is 0 Å². The third-order valence-corrected chi connectivity index (χ3v) is 5.38. The molecule has 0 saturated carbocycles. The van der Waals surface area contributed by atoms with Crippen LogP contribution in [0.2, 0.25) is 5.02 Å². The highest BCUT2D eigenvalue weighted by molar-refractivity contribution is 9.10. The monoisotopic (exact) mass is 437 g/mol. The first-order chi connectivity index (χ1) is 12.0. The maximum absolute atomic E-state index is 12.6. The topological polar surface area (TPSA) is 55.4 Å². The Kier molecular flexibility index (Phi) is 5.42. The Morgan fingerprint density at radius 2 is 2.00 bits per heavy atom. The number of hydrogen-bond donors (Lipinski definition) is 1. The summed E-state index contributed by atoms with van der Waals surface area (Å²) in [5, 5.41) is 4.33. The molecule has 1 aromatic heterocycles. The normalized spacial score (nSPS) is 10.7. The first-order valence-electron chi connectivity index (χ1n) is 7.46. The number of rotatable bonds is 4. The molecule has 128 valence electrons. The molecule has 0 aliphatic carbocycles. The molecular weight excluding hydrogens is 426 g/mol. The number of fused-ring (bicyclic) bond motifs is 1. The van der Waals surface area contributed by atoms with Crippen molar-refractivity contribution >= 4 is 65.8 Å². The second-order valence-electron chi connectivity index (χ2n) is 5.10. The number of anilines is 1. The fraction of sp³-hybridized carbons (Fsp3) is 0.111. The zero-order chi connectivity index (χ0) is 18.0. The van der Waals surface area contributed by atoms with Gasteiger partial charge < -0.3 is 10.1 Å². The molecule has 0 aliphatic rings. The largest absolute Gasteiger partial charge is 0.462 e. The van der Waals surface area contributed by atoms with Gasteiger partial charge in [0.1, 0.15) is 10.6 Å². The van der Waals surface area contributed by atoms with Gasteiger partial charge in [0.15, 0.2) is 0 Å². The number of ether oxygens (including phenoxy) is 1. The summed E-state index contributed by atoms with van der Waals surface area (Å²) in [6.07, 6.45) is 0. The van der Waals surface area contributed by atoms with E-state index in [0.717, 1.165) is 14.6 Å². The first-order valence-corrected chi connectivity index (χ1v) is 9.45. The molecular formula is C18H13BrClNO3S. The summed E-state index contributed by atoms with van der Waals surface area (Å²) in [6, 6.07) is 12.5. The van der Waals surface area contributed by atoms with Crippen LogP contribution in [0.25, 0.3) is 10.1 Å². The van der Waals surface area contributed by atoms with Gasteiger partial charge >= 0.3 is 5.97 Å². The quantitative estimate of drug-likeness (QED) is 0.528. The van der Waals surface area contributed by atoms with E-state index in [0.29, 0.717) is 21.2 Å². The van der Waals surface area contributed by atoms with Crippen molar-refractivity contribution in [1.82, 2.24) is 0 Å². The zero-order valence-corrected chi connectivity index (χ0v) is 16.3. The maximum atomic E-state index is 12.6. The molecule has 0 radical (unpaired) electrons. The lowest BCUT2D eigenvalue weighted by Crippen LogP contribution is -2.15. The van der Waals surface area contributed by atoms with Gasteiger partial charge in [0.25, 0.3) is 5.91 Å². The van der Waals surface area contributed by atoms with Crippen molar-refractivity contribution in [2.24, 2.45) is 0 Å². The Balaban J connectivity index is 2.03. The number of amides is 1. The Hall–Kier alpha value is -1.89. The standard InChI is InChI=1S/C18H13BrClNO3S/c1-2-24-18(23)15-11-5-3-4-6-14(11)25-17(15)21-16(22)12-9-10(19)7-8-13(12)20/h3-9H,2H2,1H3,(H,21,22). The fourth-order valence-corrected chi connectivity index (χ4v) is 4.03. The van der Waals surface area contributed by atoms with Crippen molar-refractivity contribution < 1.29 is 14.3 Å². The summed E-state index contributed by atoms with van der Waals surface area (Å²) in [6.45, 7) is 2.00. The second-order valence-corrected chi connectivity index (χ2v) is 7.48. The number of benzene rings is 2. The second kappa shape index (κ2) is 7.56. The van der Waals surface area contributed by atoms with E-state index in [1.807, 2.05) is 24.3 Å². The lowest BCUT2D eigenvalue weighted by Gasteiger charge is -2.08. The molecule has 3 aromatic rings. The van der Waals surface area contributed by atoms with Crippen LogP contribution in [0.4, 0.5) is 5.00 Å². The summed E-state index contributed by atoms with van der Waals surface area (Å²) in [7, 11) is 0.